The molecule has 0 aliphatic carbocycles. The number of hydrogen-bond donors (Lipinski definition) is 0. The molecule has 0 aromatic heterocycles. The van der Waals surface area contributed by atoms with Crippen LogP contribution in [0.4, 0.5) is 0 Å². The predicted molar refractivity (Wildman–Crippen MR) is 108 cm³/mol. The van der Waals surface area contributed by atoms with Gasteiger partial charge in [0.25, 0.3) is 0 Å². The van der Waals surface area contributed by atoms with Gasteiger partial charge in [0, 0.05) is 22.2 Å². The van der Waals surface area contributed by atoms with Crippen LogP contribution >= 0.6 is 11.6 Å². The molecule has 7 heteroatoms. The van der Waals surface area contributed by atoms with E-state index in [0.717, 1.165) is 0 Å². The number of esters is 2. The van der Waals surface area contributed by atoms with Gasteiger partial charge < -0.3 is 18.9 Å². The van der Waals surface area contributed by atoms with Crippen LogP contribution in [-0.4, -0.2) is 26.2 Å². The van der Waals surface area contributed by atoms with Crippen molar-refractivity contribution in [3.63, 3.8) is 0 Å². The Bertz CT molecular complexity index is 877. The molecule has 0 radical (unpaired) electrons. The molecule has 152 valence electrons. The summed E-state index contributed by atoms with van der Waals surface area (Å²) in [6.07, 6.45) is 1.53. The first-order valence-corrected chi connectivity index (χ1v) is 9.55. The number of carbonyl (C=O) groups is 2. The largest absolute Gasteiger partial charge is 0.490 e. The molecule has 0 spiro atoms. The lowest BCUT2D eigenvalue weighted by Gasteiger charge is -2.20. The van der Waals surface area contributed by atoms with E-state index >= 15 is 0 Å². The Balaban J connectivity index is 2.76. The van der Waals surface area contributed by atoms with Crippen molar-refractivity contribution < 1.29 is 28.5 Å². The maximum absolute atomic E-state index is 12.5. The van der Waals surface area contributed by atoms with Crippen molar-refractivity contribution in [2.75, 3.05) is 14.2 Å². The second kappa shape index (κ2) is 9.64. The van der Waals surface area contributed by atoms with Crippen molar-refractivity contribution in [1.29, 1.82) is 0 Å². The molecule has 2 aromatic carbocycles. The molecular weight excluding hydrogens is 384 g/mol. The number of halogens is 1. The zero-order chi connectivity index (χ0) is 20.8. The van der Waals surface area contributed by atoms with E-state index in [1.54, 1.807) is 25.1 Å². The van der Waals surface area contributed by atoms with Crippen molar-refractivity contribution in [1.82, 2.24) is 0 Å². The number of carbonyl (C=O) groups excluding carboxylic acids is 2. The Morgan fingerprint density at radius 2 is 1.57 bits per heavy atom. The van der Waals surface area contributed by atoms with Gasteiger partial charge in [0.2, 0.25) is 11.5 Å². The van der Waals surface area contributed by atoms with E-state index in [2.05, 4.69) is 0 Å². The molecule has 0 amide bonds. The Morgan fingerprint density at radius 3 is 2.11 bits per heavy atom. The number of hydrogen-bond acceptors (Lipinski definition) is 6. The summed E-state index contributed by atoms with van der Waals surface area (Å²) in [6, 6.07) is 4.98. The third-order valence-corrected chi connectivity index (χ3v) is 4.62. The molecule has 6 nitrogen and oxygen atoms in total. The highest BCUT2D eigenvalue weighted by Gasteiger charge is 2.27. The predicted octanol–water partition coefficient (Wildman–Crippen LogP) is 5.17. The Morgan fingerprint density at radius 1 is 0.964 bits per heavy atom. The van der Waals surface area contributed by atoms with Crippen LogP contribution in [0.2, 0.25) is 5.02 Å². The minimum Gasteiger partial charge on any atom is -0.490 e. The molecule has 0 fully saturated rings. The summed E-state index contributed by atoms with van der Waals surface area (Å²) in [6.45, 7) is 5.56. The Kier molecular flexibility index (Phi) is 7.52. The third kappa shape index (κ3) is 4.50. The van der Waals surface area contributed by atoms with Crippen molar-refractivity contribution in [3.05, 3.63) is 23.2 Å². The fraction of sp³-hybridized carbons (Fsp3) is 0.429. The zero-order valence-corrected chi connectivity index (χ0v) is 17.5. The monoisotopic (exact) mass is 408 g/mol. The minimum absolute atomic E-state index is 0.160. The first kappa shape index (κ1) is 21.8. The van der Waals surface area contributed by atoms with Crippen molar-refractivity contribution in [2.24, 2.45) is 5.92 Å². The lowest BCUT2D eigenvalue weighted by molar-refractivity contribution is -0.138. The number of benzene rings is 2. The van der Waals surface area contributed by atoms with Crippen LogP contribution in [0.1, 0.15) is 40.0 Å². The van der Waals surface area contributed by atoms with E-state index < -0.39 is 11.9 Å². The van der Waals surface area contributed by atoms with E-state index in [0.29, 0.717) is 28.6 Å². The summed E-state index contributed by atoms with van der Waals surface area (Å²) in [7, 11) is 2.85. The molecule has 0 N–H and O–H groups in total. The highest BCUT2D eigenvalue weighted by molar-refractivity contribution is 6.31. The number of ether oxygens (including phenoxy) is 4. The van der Waals surface area contributed by atoms with Gasteiger partial charge in [0.05, 0.1) is 20.1 Å². The van der Waals surface area contributed by atoms with Gasteiger partial charge in [0.15, 0.2) is 11.5 Å². The van der Waals surface area contributed by atoms with Gasteiger partial charge >= 0.3 is 11.9 Å². The van der Waals surface area contributed by atoms with Gasteiger partial charge in [-0.1, -0.05) is 32.4 Å². The van der Waals surface area contributed by atoms with Crippen LogP contribution in [0.25, 0.3) is 10.8 Å². The molecule has 0 heterocycles. The van der Waals surface area contributed by atoms with E-state index in [1.165, 1.54) is 14.2 Å². The van der Waals surface area contributed by atoms with Crippen LogP contribution < -0.4 is 18.9 Å². The Hall–Kier alpha value is -2.47. The average molecular weight is 409 g/mol. The molecule has 2 rings (SSSR count). The van der Waals surface area contributed by atoms with Gasteiger partial charge in [-0.2, -0.15) is 0 Å². The topological polar surface area (TPSA) is 71.1 Å². The lowest BCUT2D eigenvalue weighted by Crippen LogP contribution is -2.18. The molecule has 0 aliphatic heterocycles. The van der Waals surface area contributed by atoms with Crippen molar-refractivity contribution in [3.8, 4) is 23.0 Å². The van der Waals surface area contributed by atoms with Crippen LogP contribution in [-0.2, 0) is 9.59 Å². The van der Waals surface area contributed by atoms with Gasteiger partial charge in [0.1, 0.15) is 0 Å². The molecule has 1 unspecified atom stereocenters. The van der Waals surface area contributed by atoms with E-state index in [9.17, 15) is 9.59 Å². The van der Waals surface area contributed by atoms with Gasteiger partial charge in [-0.25, -0.2) is 0 Å². The maximum Gasteiger partial charge on any atom is 0.314 e. The highest BCUT2D eigenvalue weighted by Crippen LogP contribution is 2.51. The van der Waals surface area contributed by atoms with Gasteiger partial charge in [-0.05, 0) is 31.0 Å². The summed E-state index contributed by atoms with van der Waals surface area (Å²) < 4.78 is 22.2. The van der Waals surface area contributed by atoms with Crippen molar-refractivity contribution in [2.45, 2.75) is 40.0 Å². The number of methoxy groups -OCH3 is 2. The quantitative estimate of drug-likeness (QED) is 0.443. The third-order valence-electron chi connectivity index (χ3n) is 4.39. The first-order chi connectivity index (χ1) is 13.4. The standard InChI is InChI=1S/C21H25ClO6/c1-6-8-16(23)27-17-14-10-9-13(22)11-15(14)18(20(26-5)19(17)25-4)28-21(24)12(3)7-2/h9-12H,6-8H2,1-5H3. The summed E-state index contributed by atoms with van der Waals surface area (Å²) >= 11 is 6.17. The fourth-order valence-corrected chi connectivity index (χ4v) is 2.84. The highest BCUT2D eigenvalue weighted by atomic mass is 35.5. The Labute approximate surface area is 169 Å². The fourth-order valence-electron chi connectivity index (χ4n) is 2.66. The van der Waals surface area contributed by atoms with Crippen molar-refractivity contribution >= 4 is 34.3 Å². The molecular formula is C21H25ClO6. The zero-order valence-electron chi connectivity index (χ0n) is 16.8. The van der Waals surface area contributed by atoms with Gasteiger partial charge in [-0.3, -0.25) is 9.59 Å². The summed E-state index contributed by atoms with van der Waals surface area (Å²) in [5, 5.41) is 1.45. The van der Waals surface area contributed by atoms with Crippen LogP contribution in [0.15, 0.2) is 18.2 Å². The van der Waals surface area contributed by atoms with Crippen LogP contribution in [0.3, 0.4) is 0 Å². The van der Waals surface area contributed by atoms with E-state index in [4.69, 9.17) is 30.5 Å². The lowest BCUT2D eigenvalue weighted by atomic mass is 10.1. The second-order valence-corrected chi connectivity index (χ2v) is 6.81. The summed E-state index contributed by atoms with van der Waals surface area (Å²) in [5.41, 5.74) is 0. The van der Waals surface area contributed by atoms with Crippen LogP contribution in [0, 0.1) is 5.92 Å². The second-order valence-electron chi connectivity index (χ2n) is 6.37. The molecule has 2 aromatic rings. The molecule has 0 saturated heterocycles. The summed E-state index contributed by atoms with van der Waals surface area (Å²) in [4.78, 5) is 24.6. The maximum atomic E-state index is 12.5. The average Bonchev–Trinajstić information content (AvgIpc) is 2.68. The normalized spacial score (nSPS) is 11.8. The van der Waals surface area contributed by atoms with E-state index in [1.807, 2.05) is 13.8 Å². The van der Waals surface area contributed by atoms with E-state index in [-0.39, 0.29) is 35.3 Å². The molecule has 0 bridgehead atoms. The SMILES string of the molecule is CCCC(=O)Oc1c(OC)c(OC)c(OC(=O)C(C)CC)c2cc(Cl)ccc12. The number of rotatable bonds is 8. The number of fused-ring (bicyclic) bond motifs is 1. The van der Waals surface area contributed by atoms with Gasteiger partial charge in [-0.15, -0.1) is 0 Å². The molecule has 1 atom stereocenters. The molecule has 0 aliphatic rings. The molecule has 28 heavy (non-hydrogen) atoms. The molecule has 0 saturated carbocycles. The minimum atomic E-state index is -0.403. The smallest absolute Gasteiger partial charge is 0.314 e. The first-order valence-electron chi connectivity index (χ1n) is 9.17. The summed E-state index contributed by atoms with van der Waals surface area (Å²) in [5.74, 6) is -0.387. The van der Waals surface area contributed by atoms with Crippen LogP contribution in [0.5, 0.6) is 23.0 Å².